The number of aromatic amines is 1. The van der Waals surface area contributed by atoms with Crippen molar-refractivity contribution in [1.29, 1.82) is 0 Å². The van der Waals surface area contributed by atoms with E-state index >= 15 is 0 Å². The van der Waals surface area contributed by atoms with Crippen LogP contribution in [0.1, 0.15) is 25.3 Å². The van der Waals surface area contributed by atoms with Crippen LogP contribution in [-0.4, -0.2) is 21.9 Å². The molecule has 0 radical (unpaired) electrons. The Balaban J connectivity index is 1.48. The van der Waals surface area contributed by atoms with Crippen LogP contribution >= 0.6 is 12.0 Å². The highest BCUT2D eigenvalue weighted by Crippen LogP contribution is 2.23. The van der Waals surface area contributed by atoms with E-state index in [1.807, 2.05) is 61.5 Å². The molecule has 0 aliphatic carbocycles. The van der Waals surface area contributed by atoms with E-state index in [1.165, 1.54) is 0 Å². The topological polar surface area (TPSA) is 81.3 Å². The molecule has 1 heterocycles. The van der Waals surface area contributed by atoms with Gasteiger partial charge in [0.25, 0.3) is 0 Å². The summed E-state index contributed by atoms with van der Waals surface area (Å²) in [5.41, 5.74) is 2.57. The zero-order chi connectivity index (χ0) is 19.1. The van der Waals surface area contributed by atoms with Crippen molar-refractivity contribution in [2.45, 2.75) is 31.5 Å². The van der Waals surface area contributed by atoms with Crippen LogP contribution in [0.5, 0.6) is 0 Å². The molecule has 1 aromatic heterocycles. The number of nitrogens with one attached hydrogen (secondary N) is 1. The first-order chi connectivity index (χ1) is 13.2. The summed E-state index contributed by atoms with van der Waals surface area (Å²) in [4.78, 5) is 31.7. The van der Waals surface area contributed by atoms with Crippen LogP contribution in [0.25, 0.3) is 11.0 Å². The maximum atomic E-state index is 12.3. The van der Waals surface area contributed by atoms with Crippen LogP contribution in [0.4, 0.5) is 0 Å². The van der Waals surface area contributed by atoms with Gasteiger partial charge in [0, 0.05) is 0 Å². The van der Waals surface area contributed by atoms with Crippen LogP contribution in [0.2, 0.25) is 0 Å². The van der Waals surface area contributed by atoms with E-state index in [1.54, 1.807) is 0 Å². The van der Waals surface area contributed by atoms with Crippen molar-refractivity contribution in [3.8, 4) is 0 Å². The number of aromatic nitrogens is 2. The Morgan fingerprint density at radius 2 is 1.85 bits per heavy atom. The first-order valence-corrected chi connectivity index (χ1v) is 9.42. The summed E-state index contributed by atoms with van der Waals surface area (Å²) in [7, 11) is 0. The number of hydrogen-bond acceptors (Lipinski definition) is 6. The Morgan fingerprint density at radius 1 is 1.11 bits per heavy atom. The van der Waals surface area contributed by atoms with E-state index in [-0.39, 0.29) is 13.0 Å². The number of para-hydroxylation sites is 2. The number of carbonyl (C=O) groups excluding carboxylic acids is 2. The molecule has 6 nitrogen and oxygen atoms in total. The van der Waals surface area contributed by atoms with Crippen molar-refractivity contribution in [2.24, 2.45) is 5.92 Å². The van der Waals surface area contributed by atoms with Crippen molar-refractivity contribution < 1.29 is 18.5 Å². The van der Waals surface area contributed by atoms with Gasteiger partial charge in [-0.3, -0.25) is 9.59 Å². The van der Waals surface area contributed by atoms with Gasteiger partial charge in [0.2, 0.25) is 5.16 Å². The second-order valence-electron chi connectivity index (χ2n) is 6.00. The maximum Gasteiger partial charge on any atom is 0.321 e. The monoisotopic (exact) mass is 384 g/mol. The molecular formula is C20H20N2O4S. The largest absolute Gasteiger partial charge is 0.461 e. The third-order valence-corrected chi connectivity index (χ3v) is 4.65. The van der Waals surface area contributed by atoms with Gasteiger partial charge in [-0.15, -0.1) is 0 Å². The van der Waals surface area contributed by atoms with Crippen molar-refractivity contribution in [3.63, 3.8) is 0 Å². The fourth-order valence-corrected chi connectivity index (χ4v) is 3.09. The molecule has 1 N–H and O–H groups in total. The van der Waals surface area contributed by atoms with Gasteiger partial charge in [-0.1, -0.05) is 49.4 Å². The Kier molecular flexibility index (Phi) is 6.49. The molecule has 3 aromatic rings. The number of ether oxygens (including phenoxy) is 1. The number of hydrogen-bond donors (Lipinski definition) is 1. The van der Waals surface area contributed by atoms with Gasteiger partial charge in [0.1, 0.15) is 18.6 Å². The van der Waals surface area contributed by atoms with Crippen LogP contribution in [0.3, 0.4) is 0 Å². The van der Waals surface area contributed by atoms with Crippen LogP contribution in [0.15, 0.2) is 59.8 Å². The quantitative estimate of drug-likeness (QED) is 0.461. The van der Waals surface area contributed by atoms with E-state index in [9.17, 15) is 9.59 Å². The SMILES string of the molecule is CCC(CC(=O)OCc1ccccc1)C(=O)OSc1nc2ccccc2[nH]1. The first-order valence-electron chi connectivity index (χ1n) is 8.68. The molecule has 0 fully saturated rings. The average molecular weight is 384 g/mol. The lowest BCUT2D eigenvalue weighted by Gasteiger charge is -2.12. The smallest absolute Gasteiger partial charge is 0.321 e. The summed E-state index contributed by atoms with van der Waals surface area (Å²) < 4.78 is 10.5. The molecule has 3 rings (SSSR count). The lowest BCUT2D eigenvalue weighted by molar-refractivity contribution is -0.150. The number of esters is 1. The molecular weight excluding hydrogens is 364 g/mol. The van der Waals surface area contributed by atoms with Crippen molar-refractivity contribution in [1.82, 2.24) is 9.97 Å². The van der Waals surface area contributed by atoms with Gasteiger partial charge in [0.15, 0.2) is 0 Å². The first kappa shape index (κ1) is 19.0. The molecule has 0 bridgehead atoms. The summed E-state index contributed by atoms with van der Waals surface area (Å²) in [6.45, 7) is 2.03. The summed E-state index contributed by atoms with van der Waals surface area (Å²) in [6, 6.07) is 17.0. The van der Waals surface area contributed by atoms with Gasteiger partial charge < -0.3 is 13.9 Å². The van der Waals surface area contributed by atoms with E-state index in [4.69, 9.17) is 8.92 Å². The lowest BCUT2D eigenvalue weighted by atomic mass is 10.0. The van der Waals surface area contributed by atoms with Crippen LogP contribution < -0.4 is 0 Å². The standard InChI is InChI=1S/C20H20N2O4S/c1-2-15(12-18(23)25-13-14-8-4-3-5-9-14)19(24)26-27-20-21-16-10-6-7-11-17(16)22-20/h3-11,15H,2,12-13H2,1H3,(H,21,22). The highest BCUT2D eigenvalue weighted by atomic mass is 32.2. The van der Waals surface area contributed by atoms with E-state index in [0.717, 1.165) is 28.6 Å². The summed E-state index contributed by atoms with van der Waals surface area (Å²) in [5, 5.41) is 0.492. The maximum absolute atomic E-state index is 12.3. The lowest BCUT2D eigenvalue weighted by Crippen LogP contribution is -2.20. The van der Waals surface area contributed by atoms with Crippen LogP contribution in [0, 0.1) is 5.92 Å². The van der Waals surface area contributed by atoms with Crippen molar-refractivity contribution >= 4 is 35.0 Å². The fourth-order valence-electron chi connectivity index (χ4n) is 2.51. The normalized spacial score (nSPS) is 11.9. The number of fused-ring (bicyclic) bond motifs is 1. The number of H-pyrrole nitrogens is 1. The van der Waals surface area contributed by atoms with Crippen LogP contribution in [-0.2, 0) is 25.1 Å². The highest BCUT2D eigenvalue weighted by molar-refractivity contribution is 7.94. The number of imidazole rings is 1. The van der Waals surface area contributed by atoms with Crippen molar-refractivity contribution in [3.05, 3.63) is 60.2 Å². The average Bonchev–Trinajstić information content (AvgIpc) is 3.12. The second-order valence-corrected chi connectivity index (χ2v) is 6.72. The number of rotatable bonds is 8. The Morgan fingerprint density at radius 3 is 2.59 bits per heavy atom. The Hall–Kier alpha value is -2.80. The van der Waals surface area contributed by atoms with Gasteiger partial charge in [-0.05, 0) is 24.1 Å². The number of benzene rings is 2. The predicted octanol–water partition coefficient (Wildman–Crippen LogP) is 4.27. The molecule has 7 heteroatoms. The molecule has 0 aliphatic rings. The van der Waals surface area contributed by atoms with Crippen molar-refractivity contribution in [2.75, 3.05) is 0 Å². The number of nitrogens with zero attached hydrogens (tertiary/aromatic N) is 1. The molecule has 0 saturated heterocycles. The minimum Gasteiger partial charge on any atom is -0.461 e. The predicted molar refractivity (Wildman–Crippen MR) is 103 cm³/mol. The van der Waals surface area contributed by atoms with Gasteiger partial charge in [0.05, 0.1) is 23.4 Å². The van der Waals surface area contributed by atoms with E-state index in [2.05, 4.69) is 9.97 Å². The highest BCUT2D eigenvalue weighted by Gasteiger charge is 2.23. The Bertz CT molecular complexity index is 878. The minimum atomic E-state index is -0.551. The summed E-state index contributed by atoms with van der Waals surface area (Å²) >= 11 is 0.867. The molecule has 0 aliphatic heterocycles. The molecule has 0 amide bonds. The third-order valence-electron chi connectivity index (χ3n) is 4.05. The summed E-state index contributed by atoms with van der Waals surface area (Å²) in [6.07, 6.45) is 0.475. The van der Waals surface area contributed by atoms with Gasteiger partial charge >= 0.3 is 11.9 Å². The molecule has 1 atom stereocenters. The van der Waals surface area contributed by atoms with E-state index in [0.29, 0.717) is 11.6 Å². The molecule has 2 aromatic carbocycles. The molecule has 0 spiro atoms. The molecule has 140 valence electrons. The zero-order valence-corrected chi connectivity index (χ0v) is 15.7. The minimum absolute atomic E-state index is 0.0111. The van der Waals surface area contributed by atoms with Gasteiger partial charge in [-0.2, -0.15) is 0 Å². The Labute approximate surface area is 161 Å². The molecule has 0 saturated carbocycles. The third kappa shape index (κ3) is 5.34. The van der Waals surface area contributed by atoms with Gasteiger partial charge in [-0.25, -0.2) is 4.98 Å². The molecule has 27 heavy (non-hydrogen) atoms. The second kappa shape index (κ2) is 9.23. The zero-order valence-electron chi connectivity index (χ0n) is 14.9. The van der Waals surface area contributed by atoms with E-state index < -0.39 is 17.9 Å². The fraction of sp³-hybridized carbons (Fsp3) is 0.250. The number of carbonyl (C=O) groups is 2. The molecule has 1 unspecified atom stereocenters. The summed E-state index contributed by atoms with van der Waals surface area (Å²) in [5.74, 6) is -1.43.